The van der Waals surface area contributed by atoms with Gasteiger partial charge >= 0.3 is 6.18 Å². The molecule has 1 aliphatic heterocycles. The molecule has 1 saturated heterocycles. The quantitative estimate of drug-likeness (QED) is 0.799. The summed E-state index contributed by atoms with van der Waals surface area (Å²) in [5, 5.41) is 2.98. The van der Waals surface area contributed by atoms with Crippen LogP contribution in [0, 0.1) is 0 Å². The Bertz CT molecular complexity index is 401. The summed E-state index contributed by atoms with van der Waals surface area (Å²) < 4.78 is 38.1. The molecule has 102 valence electrons. The van der Waals surface area contributed by atoms with E-state index in [1.807, 2.05) is 0 Å². The van der Waals surface area contributed by atoms with E-state index in [1.165, 1.54) is 6.07 Å². The first kappa shape index (κ1) is 15.6. The average Bonchev–Trinajstić information content (AvgIpc) is 2.29. The molecule has 18 heavy (non-hydrogen) atoms. The highest BCUT2D eigenvalue weighted by Crippen LogP contribution is 2.37. The van der Waals surface area contributed by atoms with E-state index >= 15 is 0 Å². The first-order chi connectivity index (χ1) is 7.98. The summed E-state index contributed by atoms with van der Waals surface area (Å²) in [6.07, 6.45) is -1.39. The van der Waals surface area contributed by atoms with Gasteiger partial charge in [-0.1, -0.05) is 24.1 Å². The molecular weight excluding hydrogens is 286 g/mol. The van der Waals surface area contributed by atoms with Gasteiger partial charge < -0.3 is 5.32 Å². The molecular formula is C12H14Cl2F3N. The molecule has 0 unspecified atom stereocenters. The second-order valence-corrected chi connectivity index (χ2v) is 4.65. The van der Waals surface area contributed by atoms with Crippen molar-refractivity contribution in [2.45, 2.75) is 31.5 Å². The fraction of sp³-hybridized carbons (Fsp3) is 0.500. The number of hydrogen-bond acceptors (Lipinski definition) is 1. The van der Waals surface area contributed by atoms with E-state index in [0.29, 0.717) is 5.56 Å². The summed E-state index contributed by atoms with van der Waals surface area (Å²) in [6.45, 7) is 0.856. The van der Waals surface area contributed by atoms with Crippen molar-refractivity contribution in [3.63, 3.8) is 0 Å². The molecule has 1 heterocycles. The van der Waals surface area contributed by atoms with Gasteiger partial charge in [0.2, 0.25) is 0 Å². The molecule has 0 bridgehead atoms. The summed E-state index contributed by atoms with van der Waals surface area (Å²) in [5.74, 6) is 0. The van der Waals surface area contributed by atoms with Crippen molar-refractivity contribution in [3.8, 4) is 0 Å². The third-order valence-corrected chi connectivity index (χ3v) is 3.34. The maximum atomic E-state index is 12.7. The van der Waals surface area contributed by atoms with Crippen molar-refractivity contribution in [3.05, 3.63) is 34.3 Å². The van der Waals surface area contributed by atoms with Crippen LogP contribution in [0.3, 0.4) is 0 Å². The Morgan fingerprint density at radius 3 is 2.50 bits per heavy atom. The molecule has 1 aliphatic rings. The Labute approximate surface area is 115 Å². The van der Waals surface area contributed by atoms with E-state index in [9.17, 15) is 13.2 Å². The van der Waals surface area contributed by atoms with Gasteiger partial charge in [0.15, 0.2) is 0 Å². The Morgan fingerprint density at radius 1 is 1.22 bits per heavy atom. The van der Waals surface area contributed by atoms with Crippen LogP contribution in [-0.2, 0) is 6.18 Å². The molecule has 1 nitrogen and oxygen atoms in total. The molecule has 6 heteroatoms. The van der Waals surface area contributed by atoms with Crippen LogP contribution in [0.2, 0.25) is 5.02 Å². The first-order valence-electron chi connectivity index (χ1n) is 5.58. The van der Waals surface area contributed by atoms with E-state index in [4.69, 9.17) is 11.6 Å². The summed E-state index contributed by atoms with van der Waals surface area (Å²) in [5.41, 5.74) is -0.0783. The second kappa shape index (κ2) is 6.13. The molecule has 2 rings (SSSR count). The number of nitrogens with one attached hydrogen (secondary N) is 1. The lowest BCUT2D eigenvalue weighted by atomic mass is 9.96. The number of hydrogen-bond donors (Lipinski definition) is 1. The van der Waals surface area contributed by atoms with Gasteiger partial charge in [0.1, 0.15) is 0 Å². The van der Waals surface area contributed by atoms with Gasteiger partial charge in [-0.2, -0.15) is 13.2 Å². The number of halogens is 5. The zero-order chi connectivity index (χ0) is 12.5. The van der Waals surface area contributed by atoms with E-state index in [2.05, 4.69) is 5.32 Å². The van der Waals surface area contributed by atoms with Crippen molar-refractivity contribution in [1.82, 2.24) is 5.32 Å². The Kier molecular flexibility index (Phi) is 5.32. The minimum absolute atomic E-state index is 0. The maximum absolute atomic E-state index is 12.7. The predicted molar refractivity (Wildman–Crippen MR) is 68.3 cm³/mol. The first-order valence-corrected chi connectivity index (χ1v) is 5.96. The molecule has 0 amide bonds. The van der Waals surface area contributed by atoms with Crippen molar-refractivity contribution >= 4 is 24.0 Å². The molecule has 1 aromatic carbocycles. The lowest BCUT2D eigenvalue weighted by molar-refractivity contribution is -0.137. The summed E-state index contributed by atoms with van der Waals surface area (Å²) >= 11 is 5.58. The molecule has 1 aromatic rings. The zero-order valence-electron chi connectivity index (χ0n) is 9.56. The molecule has 0 radical (unpaired) electrons. The standard InChI is InChI=1S/C12H13ClF3N.ClH/c13-10-5-4-8(7-9(10)12(14,15)16)11-3-1-2-6-17-11;/h4-5,7,11,17H,1-3,6H2;1H/t11-;/m0./s1. The van der Waals surface area contributed by atoms with E-state index in [-0.39, 0.29) is 23.5 Å². The monoisotopic (exact) mass is 299 g/mol. The minimum atomic E-state index is -4.39. The molecule has 1 fully saturated rings. The van der Waals surface area contributed by atoms with Gasteiger partial charge in [0.25, 0.3) is 0 Å². The van der Waals surface area contributed by atoms with Crippen molar-refractivity contribution in [1.29, 1.82) is 0 Å². The van der Waals surface area contributed by atoms with Gasteiger partial charge in [0.05, 0.1) is 10.6 Å². The topological polar surface area (TPSA) is 12.0 Å². The molecule has 1 N–H and O–H groups in total. The van der Waals surface area contributed by atoms with Crippen LogP contribution in [0.4, 0.5) is 13.2 Å². The highest BCUT2D eigenvalue weighted by molar-refractivity contribution is 6.31. The third-order valence-electron chi connectivity index (χ3n) is 3.01. The average molecular weight is 300 g/mol. The molecule has 0 saturated carbocycles. The molecule has 0 aliphatic carbocycles. The van der Waals surface area contributed by atoms with E-state index in [1.54, 1.807) is 6.07 Å². The predicted octanol–water partition coefficient (Wildman–Crippen LogP) is 4.60. The van der Waals surface area contributed by atoms with Crippen LogP contribution >= 0.6 is 24.0 Å². The van der Waals surface area contributed by atoms with Crippen molar-refractivity contribution < 1.29 is 13.2 Å². The van der Waals surface area contributed by atoms with Crippen LogP contribution in [-0.4, -0.2) is 6.54 Å². The van der Waals surface area contributed by atoms with Crippen LogP contribution in [0.15, 0.2) is 18.2 Å². The van der Waals surface area contributed by atoms with Crippen molar-refractivity contribution in [2.24, 2.45) is 0 Å². The Hall–Kier alpha value is -0.450. The van der Waals surface area contributed by atoms with Gasteiger partial charge in [-0.25, -0.2) is 0 Å². The van der Waals surface area contributed by atoms with Gasteiger partial charge in [-0.3, -0.25) is 0 Å². The molecule has 0 spiro atoms. The fourth-order valence-electron chi connectivity index (χ4n) is 2.11. The fourth-order valence-corrected chi connectivity index (χ4v) is 2.34. The molecule has 0 aromatic heterocycles. The van der Waals surface area contributed by atoms with Crippen LogP contribution in [0.25, 0.3) is 0 Å². The zero-order valence-corrected chi connectivity index (χ0v) is 11.1. The third kappa shape index (κ3) is 3.53. The SMILES string of the molecule is Cl.FC(F)(F)c1cc([C@@H]2CCCCN2)ccc1Cl. The highest BCUT2D eigenvalue weighted by Gasteiger charge is 2.33. The normalized spacial score (nSPS) is 20.3. The van der Waals surface area contributed by atoms with Crippen molar-refractivity contribution in [2.75, 3.05) is 6.54 Å². The van der Waals surface area contributed by atoms with Gasteiger partial charge in [0, 0.05) is 6.04 Å². The van der Waals surface area contributed by atoms with Gasteiger partial charge in [-0.15, -0.1) is 12.4 Å². The number of benzene rings is 1. The van der Waals surface area contributed by atoms with E-state index < -0.39 is 11.7 Å². The lowest BCUT2D eigenvalue weighted by Crippen LogP contribution is -2.27. The van der Waals surface area contributed by atoms with E-state index in [0.717, 1.165) is 31.9 Å². The summed E-state index contributed by atoms with van der Waals surface area (Å²) in [6, 6.07) is 4.17. The van der Waals surface area contributed by atoms with Crippen LogP contribution < -0.4 is 5.32 Å². The summed E-state index contributed by atoms with van der Waals surface area (Å²) in [7, 11) is 0. The lowest BCUT2D eigenvalue weighted by Gasteiger charge is -2.24. The maximum Gasteiger partial charge on any atom is 0.417 e. The second-order valence-electron chi connectivity index (χ2n) is 4.24. The van der Waals surface area contributed by atoms with Crippen LogP contribution in [0.5, 0.6) is 0 Å². The number of alkyl halides is 3. The number of piperidine rings is 1. The minimum Gasteiger partial charge on any atom is -0.310 e. The summed E-state index contributed by atoms with van der Waals surface area (Å²) in [4.78, 5) is 0. The van der Waals surface area contributed by atoms with Gasteiger partial charge in [-0.05, 0) is 37.1 Å². The van der Waals surface area contributed by atoms with Crippen LogP contribution in [0.1, 0.15) is 36.4 Å². The Morgan fingerprint density at radius 2 is 1.94 bits per heavy atom. The smallest absolute Gasteiger partial charge is 0.310 e. The largest absolute Gasteiger partial charge is 0.417 e. The highest BCUT2D eigenvalue weighted by atomic mass is 35.5. The number of rotatable bonds is 1. The Balaban J connectivity index is 0.00000162. The molecule has 1 atom stereocenters.